The lowest BCUT2D eigenvalue weighted by Crippen LogP contribution is -2.59. The summed E-state index contributed by atoms with van der Waals surface area (Å²) in [5.41, 5.74) is 8.70. The van der Waals surface area contributed by atoms with E-state index in [9.17, 15) is 29.4 Å². The van der Waals surface area contributed by atoms with Crippen LogP contribution in [0.4, 0.5) is 0 Å². The molecule has 0 aliphatic heterocycles. The maximum atomic E-state index is 13.5. The average molecular weight is 612 g/mol. The highest BCUT2D eigenvalue weighted by Gasteiger charge is 2.32. The Balaban J connectivity index is 1.70. The molecule has 3 rings (SSSR count). The number of nitrogens with two attached hydrogens (primary N) is 1. The molecule has 43 heavy (non-hydrogen) atoms. The van der Waals surface area contributed by atoms with E-state index >= 15 is 0 Å². The summed E-state index contributed by atoms with van der Waals surface area (Å²) < 4.78 is 0. The second kappa shape index (κ2) is 16.0. The number of fused-ring (bicyclic) bond motifs is 1. The zero-order valence-electron chi connectivity index (χ0n) is 24.6. The fourth-order valence-corrected chi connectivity index (χ4v) is 5.17. The summed E-state index contributed by atoms with van der Waals surface area (Å²) in [6.07, 6.45) is 4.76. The highest BCUT2D eigenvalue weighted by molar-refractivity contribution is 7.98. The van der Waals surface area contributed by atoms with Crippen molar-refractivity contribution in [2.24, 2.45) is 11.7 Å². The minimum Gasteiger partial charge on any atom is -0.508 e. The molecule has 11 nitrogen and oxygen atoms in total. The number of hydrogen-bond acceptors (Lipinski definition) is 7. The number of aromatic hydroxyl groups is 1. The Morgan fingerprint density at radius 1 is 0.930 bits per heavy atom. The summed E-state index contributed by atoms with van der Waals surface area (Å²) in [5.74, 6) is -2.60. The molecule has 0 radical (unpaired) electrons. The number of H-pyrrole nitrogens is 1. The molecule has 0 spiro atoms. The summed E-state index contributed by atoms with van der Waals surface area (Å²) in [5, 5.41) is 28.3. The molecule has 0 aliphatic rings. The van der Waals surface area contributed by atoms with Gasteiger partial charge in [0.2, 0.25) is 17.7 Å². The Kier molecular flexibility index (Phi) is 12.4. The molecule has 0 bridgehead atoms. The first-order valence-corrected chi connectivity index (χ1v) is 15.6. The van der Waals surface area contributed by atoms with E-state index in [1.54, 1.807) is 12.1 Å². The number of aliphatic carboxylic acids is 1. The summed E-state index contributed by atoms with van der Waals surface area (Å²) >= 11 is 1.48. The Morgan fingerprint density at radius 2 is 1.60 bits per heavy atom. The normalized spacial score (nSPS) is 14.7. The molecule has 3 aromatic rings. The largest absolute Gasteiger partial charge is 0.508 e. The van der Waals surface area contributed by atoms with Gasteiger partial charge in [-0.1, -0.05) is 50.6 Å². The van der Waals surface area contributed by atoms with Gasteiger partial charge in [-0.2, -0.15) is 11.8 Å². The van der Waals surface area contributed by atoms with Gasteiger partial charge in [-0.3, -0.25) is 14.4 Å². The van der Waals surface area contributed by atoms with Crippen molar-refractivity contribution in [2.75, 3.05) is 12.0 Å². The van der Waals surface area contributed by atoms with E-state index in [0.29, 0.717) is 17.7 Å². The molecule has 0 aliphatic carbocycles. The highest BCUT2D eigenvalue weighted by Crippen LogP contribution is 2.19. The van der Waals surface area contributed by atoms with Crippen LogP contribution in [-0.4, -0.2) is 75.1 Å². The van der Waals surface area contributed by atoms with Crippen LogP contribution in [0.15, 0.2) is 54.7 Å². The van der Waals surface area contributed by atoms with Crippen molar-refractivity contribution in [3.05, 3.63) is 65.9 Å². The van der Waals surface area contributed by atoms with Crippen LogP contribution in [0.25, 0.3) is 10.9 Å². The topological polar surface area (TPSA) is 187 Å². The number of carbonyl (C=O) groups excluding carboxylic acids is 3. The molecule has 8 N–H and O–H groups in total. The second-order valence-corrected chi connectivity index (χ2v) is 11.6. The molecule has 1 heterocycles. The van der Waals surface area contributed by atoms with Crippen LogP contribution in [0.2, 0.25) is 0 Å². The first-order valence-electron chi connectivity index (χ1n) is 14.2. The molecule has 12 heteroatoms. The number of rotatable bonds is 16. The van der Waals surface area contributed by atoms with Gasteiger partial charge >= 0.3 is 5.97 Å². The number of hydrogen-bond donors (Lipinski definition) is 7. The highest BCUT2D eigenvalue weighted by atomic mass is 32.2. The number of carboxylic acid groups (broad SMARTS) is 1. The van der Waals surface area contributed by atoms with Gasteiger partial charge in [0.25, 0.3) is 0 Å². The Morgan fingerprint density at radius 3 is 2.26 bits per heavy atom. The lowest BCUT2D eigenvalue weighted by Gasteiger charge is -2.28. The van der Waals surface area contributed by atoms with Crippen molar-refractivity contribution in [3.8, 4) is 5.75 Å². The number of amides is 3. The van der Waals surface area contributed by atoms with Crippen molar-refractivity contribution in [1.82, 2.24) is 20.9 Å². The molecular formula is C31H41N5O6S. The number of carboxylic acids is 1. The predicted octanol–water partition coefficient (Wildman–Crippen LogP) is 2.32. The first-order chi connectivity index (χ1) is 20.5. The van der Waals surface area contributed by atoms with Crippen molar-refractivity contribution in [3.63, 3.8) is 0 Å². The lowest BCUT2D eigenvalue weighted by molar-refractivity contribution is -0.142. The summed E-state index contributed by atoms with van der Waals surface area (Å²) in [6, 6.07) is 9.58. The molecule has 232 valence electrons. The maximum Gasteiger partial charge on any atom is 0.326 e. The van der Waals surface area contributed by atoms with E-state index in [-0.39, 0.29) is 30.9 Å². The van der Waals surface area contributed by atoms with Gasteiger partial charge in [-0.15, -0.1) is 0 Å². The number of phenolic OH excluding ortho intramolecular Hbond substituents is 1. The van der Waals surface area contributed by atoms with Gasteiger partial charge in [0, 0.05) is 23.5 Å². The molecule has 0 saturated heterocycles. The van der Waals surface area contributed by atoms with Crippen LogP contribution in [0.5, 0.6) is 5.75 Å². The van der Waals surface area contributed by atoms with Gasteiger partial charge in [0.05, 0.1) is 6.04 Å². The van der Waals surface area contributed by atoms with Gasteiger partial charge in [-0.25, -0.2) is 4.79 Å². The molecule has 1 aromatic heterocycles. The zero-order chi connectivity index (χ0) is 31.5. The smallest absolute Gasteiger partial charge is 0.326 e. The first kappa shape index (κ1) is 33.5. The number of nitrogens with one attached hydrogen (secondary N) is 4. The van der Waals surface area contributed by atoms with Crippen molar-refractivity contribution < 1.29 is 29.4 Å². The van der Waals surface area contributed by atoms with E-state index in [2.05, 4.69) is 20.9 Å². The Labute approximate surface area is 255 Å². The van der Waals surface area contributed by atoms with Crippen LogP contribution in [-0.2, 0) is 32.0 Å². The van der Waals surface area contributed by atoms with E-state index in [1.807, 2.05) is 50.6 Å². The minimum atomic E-state index is -1.25. The van der Waals surface area contributed by atoms with Gasteiger partial charge in [-0.05, 0) is 60.1 Å². The summed E-state index contributed by atoms with van der Waals surface area (Å²) in [4.78, 5) is 55.1. The Bertz CT molecular complexity index is 1390. The fraction of sp³-hybridized carbons (Fsp3) is 0.419. The van der Waals surface area contributed by atoms with Crippen LogP contribution in [0.3, 0.4) is 0 Å². The van der Waals surface area contributed by atoms with E-state index in [4.69, 9.17) is 5.73 Å². The van der Waals surface area contributed by atoms with Crippen LogP contribution >= 0.6 is 11.8 Å². The molecule has 5 unspecified atom stereocenters. The summed E-state index contributed by atoms with van der Waals surface area (Å²) in [6.45, 7) is 3.71. The van der Waals surface area contributed by atoms with E-state index in [1.165, 1.54) is 23.9 Å². The molecule has 5 atom stereocenters. The number of aromatic nitrogens is 1. The molecule has 0 fully saturated rings. The second-order valence-electron chi connectivity index (χ2n) is 10.7. The van der Waals surface area contributed by atoms with Crippen LogP contribution in [0, 0.1) is 5.92 Å². The molecule has 3 amide bonds. The molecule has 0 saturated carbocycles. The van der Waals surface area contributed by atoms with Crippen LogP contribution in [0.1, 0.15) is 37.8 Å². The Hall–Kier alpha value is -4.03. The minimum absolute atomic E-state index is 0.00951. The van der Waals surface area contributed by atoms with Gasteiger partial charge in [0.1, 0.15) is 23.9 Å². The van der Waals surface area contributed by atoms with Gasteiger partial charge < -0.3 is 36.9 Å². The zero-order valence-corrected chi connectivity index (χ0v) is 25.4. The third kappa shape index (κ3) is 9.48. The number of thioether (sulfide) groups is 1. The van der Waals surface area contributed by atoms with Crippen molar-refractivity contribution in [1.29, 1.82) is 0 Å². The number of aromatic amines is 1. The third-order valence-electron chi connectivity index (χ3n) is 7.48. The number of carbonyl (C=O) groups is 4. The number of para-hydroxylation sites is 1. The number of benzene rings is 2. The maximum absolute atomic E-state index is 13.5. The van der Waals surface area contributed by atoms with Crippen molar-refractivity contribution in [2.45, 2.75) is 63.7 Å². The monoisotopic (exact) mass is 611 g/mol. The average Bonchev–Trinajstić information content (AvgIpc) is 3.40. The standard InChI is InChI=1S/C31H41N5O6S/c1-4-18(2)27(36-28(38)23(32)16-20-17-33-24-8-6-5-7-22(20)24)30(40)34-25(13-14-43-3)29(39)35-26(31(41)42)15-19-9-11-21(37)12-10-19/h5-12,17-18,23,25-27,33,37H,4,13-16,32H2,1-3H3,(H,34,40)(H,35,39)(H,36,38)(H,41,42). The third-order valence-corrected chi connectivity index (χ3v) is 8.12. The number of phenols is 1. The van der Waals surface area contributed by atoms with Crippen LogP contribution < -0.4 is 21.7 Å². The van der Waals surface area contributed by atoms with Gasteiger partial charge in [0.15, 0.2) is 0 Å². The molecular weight excluding hydrogens is 570 g/mol. The predicted molar refractivity (Wildman–Crippen MR) is 168 cm³/mol. The van der Waals surface area contributed by atoms with E-state index in [0.717, 1.165) is 16.5 Å². The van der Waals surface area contributed by atoms with Crippen molar-refractivity contribution >= 4 is 46.4 Å². The molecule has 2 aromatic carbocycles. The van der Waals surface area contributed by atoms with E-state index < -0.39 is 47.9 Å². The quantitative estimate of drug-likeness (QED) is 0.129. The lowest BCUT2D eigenvalue weighted by atomic mass is 9.96. The SMILES string of the molecule is CCC(C)C(NC(=O)C(N)Cc1c[nH]c2ccccc12)C(=O)NC(CCSC)C(=O)NC(Cc1ccc(O)cc1)C(=O)O. The fourth-order valence-electron chi connectivity index (χ4n) is 4.70. The summed E-state index contributed by atoms with van der Waals surface area (Å²) in [7, 11) is 0.